The third-order valence-corrected chi connectivity index (χ3v) is 5.50. The van der Waals surface area contributed by atoms with Crippen LogP contribution in [-0.4, -0.2) is 39.0 Å². The van der Waals surface area contributed by atoms with Gasteiger partial charge in [0.2, 0.25) is 5.89 Å². The van der Waals surface area contributed by atoms with E-state index in [0.717, 1.165) is 60.5 Å². The monoisotopic (exact) mass is 350 g/mol. The summed E-state index contributed by atoms with van der Waals surface area (Å²) in [6.45, 7) is 1.57. The maximum Gasteiger partial charge on any atom is 0.253 e. The second-order valence-electron chi connectivity index (χ2n) is 7.56. The summed E-state index contributed by atoms with van der Waals surface area (Å²) in [4.78, 5) is 22.6. The molecule has 2 fully saturated rings. The van der Waals surface area contributed by atoms with Gasteiger partial charge in [-0.3, -0.25) is 4.79 Å². The van der Waals surface area contributed by atoms with Crippen LogP contribution in [0.1, 0.15) is 53.7 Å². The number of H-pyrrole nitrogens is 1. The van der Waals surface area contributed by atoms with Crippen LogP contribution in [0.4, 0.5) is 0 Å². The Labute approximate surface area is 151 Å². The quantitative estimate of drug-likeness (QED) is 0.781. The molecule has 2 aromatic heterocycles. The number of nitrogens with one attached hydrogen (secondary N) is 1. The van der Waals surface area contributed by atoms with E-state index < -0.39 is 0 Å². The van der Waals surface area contributed by atoms with Gasteiger partial charge in [0.15, 0.2) is 5.82 Å². The summed E-state index contributed by atoms with van der Waals surface area (Å²) >= 11 is 0. The van der Waals surface area contributed by atoms with E-state index in [1.54, 1.807) is 0 Å². The summed E-state index contributed by atoms with van der Waals surface area (Å²) in [5.41, 5.74) is 1.81. The fraction of sp³-hybridized carbons (Fsp3) is 0.450. The number of benzene rings is 1. The van der Waals surface area contributed by atoms with Gasteiger partial charge in [-0.05, 0) is 55.9 Å². The Morgan fingerprint density at radius 3 is 3.08 bits per heavy atom. The molecule has 1 saturated heterocycles. The molecule has 5 rings (SSSR count). The van der Waals surface area contributed by atoms with Gasteiger partial charge in [-0.25, -0.2) is 0 Å². The van der Waals surface area contributed by atoms with E-state index in [0.29, 0.717) is 11.8 Å². The fourth-order valence-electron chi connectivity index (χ4n) is 3.89. The highest BCUT2D eigenvalue weighted by Gasteiger charge is 2.30. The third-order valence-electron chi connectivity index (χ3n) is 5.50. The van der Waals surface area contributed by atoms with Crippen LogP contribution in [-0.2, 0) is 6.42 Å². The van der Waals surface area contributed by atoms with Gasteiger partial charge >= 0.3 is 0 Å². The molecule has 1 aliphatic carbocycles. The third kappa shape index (κ3) is 3.00. The Bertz CT molecular complexity index is 940. The summed E-state index contributed by atoms with van der Waals surface area (Å²) < 4.78 is 5.42. The highest BCUT2D eigenvalue weighted by molar-refractivity contribution is 5.98. The lowest BCUT2D eigenvalue weighted by Crippen LogP contribution is -2.40. The summed E-state index contributed by atoms with van der Waals surface area (Å²) in [5, 5.41) is 5.17. The van der Waals surface area contributed by atoms with Gasteiger partial charge in [0.05, 0.1) is 0 Å². The van der Waals surface area contributed by atoms with Crippen LogP contribution in [0.5, 0.6) is 0 Å². The molecule has 0 unspecified atom stereocenters. The zero-order chi connectivity index (χ0) is 17.5. The van der Waals surface area contributed by atoms with Gasteiger partial charge in [-0.2, -0.15) is 4.98 Å². The smallest absolute Gasteiger partial charge is 0.253 e. The molecule has 3 aromatic rings. The first-order valence-electron chi connectivity index (χ1n) is 9.45. The summed E-state index contributed by atoms with van der Waals surface area (Å²) in [6, 6.07) is 7.85. The number of nitrogens with zero attached hydrogens (tertiary/aromatic N) is 3. The zero-order valence-electron chi connectivity index (χ0n) is 14.6. The highest BCUT2D eigenvalue weighted by Crippen LogP contribution is 2.38. The molecule has 1 aliphatic heterocycles. The van der Waals surface area contributed by atoms with Crippen molar-refractivity contribution in [1.29, 1.82) is 0 Å². The maximum absolute atomic E-state index is 12.9. The molecule has 0 bridgehead atoms. The van der Waals surface area contributed by atoms with Gasteiger partial charge in [0.25, 0.3) is 5.91 Å². The number of rotatable bonds is 4. The minimum absolute atomic E-state index is 0.113. The predicted octanol–water partition coefficient (Wildman–Crippen LogP) is 3.52. The topological polar surface area (TPSA) is 75.0 Å². The molecule has 3 heterocycles. The van der Waals surface area contributed by atoms with E-state index in [1.807, 2.05) is 35.4 Å². The average molecular weight is 350 g/mol. The van der Waals surface area contributed by atoms with E-state index >= 15 is 0 Å². The number of hydrogen-bond acceptors (Lipinski definition) is 4. The molecule has 1 N–H and O–H groups in total. The molecule has 26 heavy (non-hydrogen) atoms. The molecule has 0 radical (unpaired) electrons. The highest BCUT2D eigenvalue weighted by atomic mass is 16.5. The summed E-state index contributed by atoms with van der Waals surface area (Å²) in [6.07, 6.45) is 7.14. The molecular weight excluding hydrogens is 328 g/mol. The van der Waals surface area contributed by atoms with Crippen LogP contribution < -0.4 is 0 Å². The minimum atomic E-state index is 0.113. The van der Waals surface area contributed by atoms with Gasteiger partial charge in [-0.15, -0.1) is 0 Å². The lowest BCUT2D eigenvalue weighted by molar-refractivity contribution is 0.0668. The van der Waals surface area contributed by atoms with Gasteiger partial charge in [0.1, 0.15) is 0 Å². The van der Waals surface area contributed by atoms with Crippen LogP contribution in [0, 0.1) is 5.92 Å². The van der Waals surface area contributed by atoms with Crippen molar-refractivity contribution in [2.24, 2.45) is 5.92 Å². The van der Waals surface area contributed by atoms with Crippen molar-refractivity contribution in [3.63, 3.8) is 0 Å². The number of carbonyl (C=O) groups excluding carboxylic acids is 1. The van der Waals surface area contributed by atoms with Crippen LogP contribution >= 0.6 is 0 Å². The second-order valence-corrected chi connectivity index (χ2v) is 7.56. The Hall–Kier alpha value is -2.63. The van der Waals surface area contributed by atoms with E-state index in [-0.39, 0.29) is 5.91 Å². The Morgan fingerprint density at radius 2 is 2.19 bits per heavy atom. The second kappa shape index (κ2) is 6.27. The maximum atomic E-state index is 12.9. The molecule has 1 amide bonds. The van der Waals surface area contributed by atoms with Crippen LogP contribution in [0.15, 0.2) is 35.0 Å². The van der Waals surface area contributed by atoms with Crippen molar-refractivity contribution < 1.29 is 9.32 Å². The van der Waals surface area contributed by atoms with Crippen molar-refractivity contribution in [1.82, 2.24) is 20.0 Å². The number of hydrogen-bond donors (Lipinski definition) is 1. The molecule has 0 spiro atoms. The number of likely N-dealkylation sites (tertiary alicyclic amines) is 1. The van der Waals surface area contributed by atoms with Crippen molar-refractivity contribution in [2.75, 3.05) is 13.1 Å². The van der Waals surface area contributed by atoms with Crippen LogP contribution in [0.25, 0.3) is 10.9 Å². The molecule has 6 nitrogen and oxygen atoms in total. The van der Waals surface area contributed by atoms with E-state index in [9.17, 15) is 4.79 Å². The Morgan fingerprint density at radius 1 is 1.27 bits per heavy atom. The summed E-state index contributed by atoms with van der Waals surface area (Å²) in [5.74, 6) is 2.60. The van der Waals surface area contributed by atoms with Crippen molar-refractivity contribution in [3.05, 3.63) is 47.7 Å². The number of aromatic nitrogens is 3. The molecule has 1 saturated carbocycles. The molecule has 6 heteroatoms. The van der Waals surface area contributed by atoms with Crippen LogP contribution in [0.3, 0.4) is 0 Å². The van der Waals surface area contributed by atoms with Gasteiger partial charge in [0, 0.05) is 48.1 Å². The number of fused-ring (bicyclic) bond motifs is 1. The first-order chi connectivity index (χ1) is 12.8. The molecule has 134 valence electrons. The van der Waals surface area contributed by atoms with Crippen LogP contribution in [0.2, 0.25) is 0 Å². The van der Waals surface area contributed by atoms with Gasteiger partial charge in [-0.1, -0.05) is 5.16 Å². The minimum Gasteiger partial charge on any atom is -0.361 e. The lowest BCUT2D eigenvalue weighted by atomic mass is 9.94. The first kappa shape index (κ1) is 15.6. The van der Waals surface area contributed by atoms with Gasteiger partial charge < -0.3 is 14.4 Å². The molecular formula is C20H22N4O2. The molecule has 2 aliphatic rings. The normalized spacial score (nSPS) is 20.6. The van der Waals surface area contributed by atoms with Crippen molar-refractivity contribution in [2.45, 2.75) is 38.0 Å². The number of aromatic amines is 1. The average Bonchev–Trinajstić information content (AvgIpc) is 3.23. The lowest BCUT2D eigenvalue weighted by Gasteiger charge is -2.32. The molecule has 1 aromatic carbocycles. The molecule has 1 atom stereocenters. The van der Waals surface area contributed by atoms with E-state index in [1.165, 1.54) is 12.8 Å². The Kier molecular flexibility index (Phi) is 3.76. The SMILES string of the molecule is O=C(c1ccc2[nH]ccc2c1)N1CCC[C@H](Cc2nc(C3CC3)no2)C1. The zero-order valence-corrected chi connectivity index (χ0v) is 14.6. The number of carbonyl (C=O) groups is 1. The fourth-order valence-corrected chi connectivity index (χ4v) is 3.89. The largest absolute Gasteiger partial charge is 0.361 e. The Balaban J connectivity index is 1.27. The standard InChI is InChI=1S/C20H22N4O2/c25-20(16-5-6-17-15(11-16)7-8-21-17)24-9-1-2-13(12-24)10-18-22-19(23-26-18)14-3-4-14/h5-8,11,13-14,21H,1-4,9-10,12H2/t13-/m1/s1. The van der Waals surface area contributed by atoms with E-state index in [4.69, 9.17) is 4.52 Å². The predicted molar refractivity (Wildman–Crippen MR) is 96.9 cm³/mol. The first-order valence-corrected chi connectivity index (χ1v) is 9.45. The van der Waals surface area contributed by atoms with E-state index in [2.05, 4.69) is 15.1 Å². The van der Waals surface area contributed by atoms with Crippen molar-refractivity contribution in [3.8, 4) is 0 Å². The number of amides is 1. The summed E-state index contributed by atoms with van der Waals surface area (Å²) in [7, 11) is 0. The van der Waals surface area contributed by atoms with Crippen molar-refractivity contribution >= 4 is 16.8 Å². The number of piperidine rings is 1.